The van der Waals surface area contributed by atoms with E-state index in [2.05, 4.69) is 10.6 Å². The zero-order chi connectivity index (χ0) is 29.2. The maximum atomic E-state index is 14.0. The Kier molecular flexibility index (Phi) is 8.45. The number of carbonyl (C=O) groups excluding carboxylic acids is 3. The third-order valence-electron chi connectivity index (χ3n) is 7.69. The van der Waals surface area contributed by atoms with E-state index in [-0.39, 0.29) is 6.42 Å². The fraction of sp³-hybridized carbons (Fsp3) is 0.364. The van der Waals surface area contributed by atoms with Crippen LogP contribution in [0.4, 0.5) is 11.4 Å². The van der Waals surface area contributed by atoms with Gasteiger partial charge in [0.25, 0.3) is 0 Å². The maximum Gasteiger partial charge on any atom is 0.235 e. The molecule has 4 rings (SSSR count). The first kappa shape index (κ1) is 29.0. The molecule has 0 bridgehead atoms. The minimum atomic E-state index is -1.71. The molecule has 3 N–H and O–H groups in total. The third-order valence-corrected chi connectivity index (χ3v) is 7.69. The highest BCUT2D eigenvalue weighted by Gasteiger charge is 2.56. The van der Waals surface area contributed by atoms with Gasteiger partial charge in [-0.15, -0.1) is 0 Å². The Morgan fingerprint density at radius 3 is 2.00 bits per heavy atom. The van der Waals surface area contributed by atoms with Crippen LogP contribution in [0.1, 0.15) is 54.0 Å². The summed E-state index contributed by atoms with van der Waals surface area (Å²) in [6, 6.07) is 18.4. The molecule has 0 heterocycles. The van der Waals surface area contributed by atoms with Crippen LogP contribution in [0.25, 0.3) is 0 Å². The number of ether oxygens (including phenoxy) is 1. The number of hydrogen-bond donors (Lipinski definition) is 3. The second kappa shape index (κ2) is 11.6. The molecule has 0 aliphatic heterocycles. The van der Waals surface area contributed by atoms with Crippen molar-refractivity contribution in [2.24, 2.45) is 11.8 Å². The number of Topliss-reactive ketones (excluding diaryl/α,β-unsaturated/α-hetero) is 1. The van der Waals surface area contributed by atoms with Crippen molar-refractivity contribution in [3.05, 3.63) is 88.5 Å². The van der Waals surface area contributed by atoms with E-state index in [1.807, 2.05) is 65.0 Å². The number of aliphatic hydroxyl groups is 1. The standard InChI is InChI=1S/C33H38N2O5/c1-7-40-27-11-9-8-10-23(27)28-29(31(37)34-24-14-12-19(2)16-21(24)4)26(36)18-33(6,39)30(28)32(38)35-25-15-13-20(3)17-22(25)5/h8-17,28-30,39H,7,18H2,1-6H3,(H,34,37)(H,35,38). The summed E-state index contributed by atoms with van der Waals surface area (Å²) in [6.07, 6.45) is -0.337. The van der Waals surface area contributed by atoms with Crippen molar-refractivity contribution < 1.29 is 24.2 Å². The van der Waals surface area contributed by atoms with Crippen LogP contribution >= 0.6 is 0 Å². The summed E-state index contributed by atoms with van der Waals surface area (Å²) in [4.78, 5) is 41.6. The van der Waals surface area contributed by atoms with Crippen molar-refractivity contribution in [3.63, 3.8) is 0 Å². The van der Waals surface area contributed by atoms with E-state index in [1.54, 1.807) is 30.3 Å². The lowest BCUT2D eigenvalue weighted by molar-refractivity contribution is -0.150. The summed E-state index contributed by atoms with van der Waals surface area (Å²) in [7, 11) is 0. The minimum Gasteiger partial charge on any atom is -0.494 e. The second-order valence-corrected chi connectivity index (χ2v) is 11.1. The summed E-state index contributed by atoms with van der Waals surface area (Å²) in [5, 5.41) is 17.5. The van der Waals surface area contributed by atoms with Crippen LogP contribution in [0.5, 0.6) is 5.75 Å². The number of nitrogens with one attached hydrogen (secondary N) is 2. The summed E-state index contributed by atoms with van der Waals surface area (Å²) in [5.74, 6) is -4.28. The zero-order valence-electron chi connectivity index (χ0n) is 24.0. The Labute approximate surface area is 236 Å². The summed E-state index contributed by atoms with van der Waals surface area (Å²) < 4.78 is 5.89. The Balaban J connectivity index is 1.83. The van der Waals surface area contributed by atoms with Crippen LogP contribution in [-0.2, 0) is 14.4 Å². The summed E-state index contributed by atoms with van der Waals surface area (Å²) in [6.45, 7) is 11.4. The highest BCUT2D eigenvalue weighted by molar-refractivity contribution is 6.10. The lowest BCUT2D eigenvalue weighted by Gasteiger charge is -2.44. The van der Waals surface area contributed by atoms with Gasteiger partial charge < -0.3 is 20.5 Å². The highest BCUT2D eigenvalue weighted by Crippen LogP contribution is 2.49. The number of ketones is 1. The molecule has 40 heavy (non-hydrogen) atoms. The smallest absolute Gasteiger partial charge is 0.235 e. The van der Waals surface area contributed by atoms with Gasteiger partial charge in [0.1, 0.15) is 17.5 Å². The first-order valence-corrected chi connectivity index (χ1v) is 13.7. The molecule has 7 nitrogen and oxygen atoms in total. The molecule has 2 amide bonds. The van der Waals surface area contributed by atoms with E-state index in [1.165, 1.54) is 6.92 Å². The van der Waals surface area contributed by atoms with Crippen LogP contribution in [0.2, 0.25) is 0 Å². The Morgan fingerprint density at radius 2 is 1.45 bits per heavy atom. The number of para-hydroxylation sites is 1. The SMILES string of the molecule is CCOc1ccccc1C1C(C(=O)Nc2ccc(C)cc2C)C(=O)CC(C)(O)C1C(=O)Nc1ccc(C)cc1C. The summed E-state index contributed by atoms with van der Waals surface area (Å²) in [5.41, 5.74) is 3.85. The molecule has 4 atom stereocenters. The first-order valence-electron chi connectivity index (χ1n) is 13.7. The predicted octanol–water partition coefficient (Wildman–Crippen LogP) is 5.64. The van der Waals surface area contributed by atoms with Crippen LogP contribution in [0.3, 0.4) is 0 Å². The van der Waals surface area contributed by atoms with E-state index < -0.39 is 41.0 Å². The van der Waals surface area contributed by atoms with Crippen molar-refractivity contribution in [3.8, 4) is 5.75 Å². The van der Waals surface area contributed by atoms with Crippen LogP contribution in [0, 0.1) is 39.5 Å². The van der Waals surface area contributed by atoms with E-state index in [4.69, 9.17) is 4.74 Å². The van der Waals surface area contributed by atoms with Gasteiger partial charge in [-0.25, -0.2) is 0 Å². The molecule has 0 spiro atoms. The topological polar surface area (TPSA) is 105 Å². The molecule has 0 saturated heterocycles. The van der Waals surface area contributed by atoms with Gasteiger partial charge in [-0.05, 0) is 76.4 Å². The number of rotatable bonds is 7. The van der Waals surface area contributed by atoms with E-state index in [0.717, 1.165) is 22.3 Å². The monoisotopic (exact) mass is 542 g/mol. The lowest BCUT2D eigenvalue weighted by Crippen LogP contribution is -2.56. The molecule has 1 aliphatic carbocycles. The molecule has 7 heteroatoms. The molecule has 1 saturated carbocycles. The second-order valence-electron chi connectivity index (χ2n) is 11.1. The fourth-order valence-electron chi connectivity index (χ4n) is 5.84. The van der Waals surface area contributed by atoms with Gasteiger partial charge >= 0.3 is 0 Å². The first-order chi connectivity index (χ1) is 18.9. The van der Waals surface area contributed by atoms with Crippen molar-refractivity contribution in [2.75, 3.05) is 17.2 Å². The Morgan fingerprint density at radius 1 is 0.900 bits per heavy atom. The number of benzene rings is 3. The van der Waals surface area contributed by atoms with Crippen molar-refractivity contribution in [1.82, 2.24) is 0 Å². The highest BCUT2D eigenvalue weighted by atomic mass is 16.5. The minimum absolute atomic E-state index is 0.337. The summed E-state index contributed by atoms with van der Waals surface area (Å²) >= 11 is 0. The Hall–Kier alpha value is -3.97. The fourth-order valence-corrected chi connectivity index (χ4v) is 5.84. The average molecular weight is 543 g/mol. The van der Waals surface area contributed by atoms with Crippen molar-refractivity contribution in [1.29, 1.82) is 0 Å². The maximum absolute atomic E-state index is 14.0. The van der Waals surface area contributed by atoms with Gasteiger partial charge in [-0.3, -0.25) is 14.4 Å². The zero-order valence-corrected chi connectivity index (χ0v) is 24.0. The van der Waals surface area contributed by atoms with Gasteiger partial charge in [0, 0.05) is 23.7 Å². The van der Waals surface area contributed by atoms with Crippen LogP contribution in [0.15, 0.2) is 60.7 Å². The number of hydrogen-bond acceptors (Lipinski definition) is 5. The molecule has 0 aromatic heterocycles. The Bertz CT molecular complexity index is 1440. The molecule has 0 radical (unpaired) electrons. The number of anilines is 2. The van der Waals surface area contributed by atoms with Gasteiger partial charge in [0.15, 0.2) is 0 Å². The third kappa shape index (κ3) is 5.94. The molecule has 3 aromatic rings. The predicted molar refractivity (Wildman–Crippen MR) is 157 cm³/mol. The number of aryl methyl sites for hydroxylation is 4. The van der Waals surface area contributed by atoms with E-state index in [0.29, 0.717) is 29.3 Å². The van der Waals surface area contributed by atoms with Gasteiger partial charge in [-0.1, -0.05) is 53.6 Å². The normalized spacial score (nSPS) is 22.5. The molecule has 4 unspecified atom stereocenters. The van der Waals surface area contributed by atoms with Gasteiger partial charge in [0.2, 0.25) is 11.8 Å². The number of amides is 2. The van der Waals surface area contributed by atoms with Gasteiger partial charge in [-0.2, -0.15) is 0 Å². The van der Waals surface area contributed by atoms with E-state index in [9.17, 15) is 19.5 Å². The average Bonchev–Trinajstić information content (AvgIpc) is 2.87. The van der Waals surface area contributed by atoms with Gasteiger partial charge in [0.05, 0.1) is 18.1 Å². The van der Waals surface area contributed by atoms with Crippen LogP contribution < -0.4 is 15.4 Å². The van der Waals surface area contributed by atoms with Crippen molar-refractivity contribution in [2.45, 2.75) is 59.5 Å². The molecule has 1 aliphatic rings. The molecule has 1 fully saturated rings. The quantitative estimate of drug-likeness (QED) is 0.336. The molecule has 3 aromatic carbocycles. The van der Waals surface area contributed by atoms with E-state index >= 15 is 0 Å². The molecular formula is C33H38N2O5. The van der Waals surface area contributed by atoms with Crippen LogP contribution in [-0.4, -0.2) is 34.9 Å². The number of carbonyl (C=O) groups is 3. The lowest BCUT2D eigenvalue weighted by atomic mass is 9.61. The van der Waals surface area contributed by atoms with Crippen molar-refractivity contribution >= 4 is 29.0 Å². The molecule has 210 valence electrons. The molecular weight excluding hydrogens is 504 g/mol. The largest absolute Gasteiger partial charge is 0.494 e.